The molecule has 0 saturated heterocycles. The summed E-state index contributed by atoms with van der Waals surface area (Å²) in [4.78, 5) is 0. The molecule has 0 heterocycles. The number of halogens is 1. The Morgan fingerprint density at radius 3 is 2.53 bits per heavy atom. The van der Waals surface area contributed by atoms with Gasteiger partial charge in [-0.05, 0) is 32.4 Å². The van der Waals surface area contributed by atoms with E-state index in [1.165, 1.54) is 0 Å². The first-order chi connectivity index (χ1) is 8.93. The van der Waals surface area contributed by atoms with Gasteiger partial charge >= 0.3 is 0 Å². The molecular formula is C14H22ClNO3. The Balaban J connectivity index is 2.92. The predicted molar refractivity (Wildman–Crippen MR) is 77.2 cm³/mol. The highest BCUT2D eigenvalue weighted by Gasteiger charge is 2.17. The lowest BCUT2D eigenvalue weighted by Crippen LogP contribution is -2.42. The van der Waals surface area contributed by atoms with Gasteiger partial charge < -0.3 is 19.9 Å². The third kappa shape index (κ3) is 4.56. The van der Waals surface area contributed by atoms with Crippen LogP contribution in [0, 0.1) is 0 Å². The Labute approximate surface area is 119 Å². The molecule has 19 heavy (non-hydrogen) atoms. The minimum Gasteiger partial charge on any atom is -0.493 e. The van der Waals surface area contributed by atoms with Gasteiger partial charge in [0.05, 0.1) is 20.3 Å². The standard InChI is InChI=1S/C14H22ClNO3/c1-5-19-13-6-10(8-16-14(2,3)9-17)11(15)7-12(13)18-4/h6-7,16-17H,5,8-9H2,1-4H3. The SMILES string of the molecule is CCOc1cc(CNC(C)(C)CO)c(Cl)cc1OC. The van der Waals surface area contributed by atoms with E-state index in [1.807, 2.05) is 26.8 Å². The fourth-order valence-electron chi connectivity index (χ4n) is 1.53. The summed E-state index contributed by atoms with van der Waals surface area (Å²) in [6, 6.07) is 3.61. The summed E-state index contributed by atoms with van der Waals surface area (Å²) in [6.07, 6.45) is 0. The minimum atomic E-state index is -0.352. The van der Waals surface area contributed by atoms with Crippen molar-refractivity contribution in [1.82, 2.24) is 5.32 Å². The molecule has 0 fully saturated rings. The summed E-state index contributed by atoms with van der Waals surface area (Å²) in [5.74, 6) is 1.30. The lowest BCUT2D eigenvalue weighted by atomic mass is 10.1. The number of methoxy groups -OCH3 is 1. The van der Waals surface area contributed by atoms with E-state index in [4.69, 9.17) is 21.1 Å². The highest BCUT2D eigenvalue weighted by Crippen LogP contribution is 2.33. The molecule has 2 N–H and O–H groups in total. The Morgan fingerprint density at radius 2 is 2.00 bits per heavy atom. The second kappa shape index (κ2) is 6.98. The predicted octanol–water partition coefficient (Wildman–Crippen LogP) is 2.61. The van der Waals surface area contributed by atoms with Crippen molar-refractivity contribution >= 4 is 11.6 Å². The van der Waals surface area contributed by atoms with E-state index in [0.29, 0.717) is 29.7 Å². The molecule has 1 aromatic carbocycles. The molecule has 0 aliphatic rings. The van der Waals surface area contributed by atoms with E-state index in [1.54, 1.807) is 13.2 Å². The number of hydrogen-bond acceptors (Lipinski definition) is 4. The lowest BCUT2D eigenvalue weighted by molar-refractivity contribution is 0.187. The van der Waals surface area contributed by atoms with Gasteiger partial charge in [0, 0.05) is 23.2 Å². The van der Waals surface area contributed by atoms with Crippen LogP contribution < -0.4 is 14.8 Å². The molecular weight excluding hydrogens is 266 g/mol. The summed E-state index contributed by atoms with van der Waals surface area (Å²) in [6.45, 7) is 6.94. The smallest absolute Gasteiger partial charge is 0.162 e. The van der Waals surface area contributed by atoms with Crippen molar-refractivity contribution in [3.05, 3.63) is 22.7 Å². The lowest BCUT2D eigenvalue weighted by Gasteiger charge is -2.24. The van der Waals surface area contributed by atoms with Crippen LogP contribution in [-0.2, 0) is 6.54 Å². The van der Waals surface area contributed by atoms with Gasteiger partial charge in [-0.1, -0.05) is 11.6 Å². The molecule has 108 valence electrons. The number of rotatable bonds is 7. The molecule has 0 aromatic heterocycles. The first-order valence-corrected chi connectivity index (χ1v) is 6.66. The molecule has 0 radical (unpaired) electrons. The summed E-state index contributed by atoms with van der Waals surface area (Å²) < 4.78 is 10.8. The zero-order chi connectivity index (χ0) is 14.5. The Kier molecular flexibility index (Phi) is 5.91. The monoisotopic (exact) mass is 287 g/mol. The second-order valence-corrected chi connectivity index (χ2v) is 5.33. The van der Waals surface area contributed by atoms with Gasteiger partial charge in [-0.2, -0.15) is 0 Å². The number of nitrogens with one attached hydrogen (secondary N) is 1. The van der Waals surface area contributed by atoms with E-state index < -0.39 is 0 Å². The molecule has 4 nitrogen and oxygen atoms in total. The van der Waals surface area contributed by atoms with Gasteiger partial charge in [-0.25, -0.2) is 0 Å². The quantitative estimate of drug-likeness (QED) is 0.809. The third-order valence-electron chi connectivity index (χ3n) is 2.79. The Hall–Kier alpha value is -0.970. The molecule has 0 amide bonds. The van der Waals surface area contributed by atoms with Gasteiger partial charge in [-0.3, -0.25) is 0 Å². The van der Waals surface area contributed by atoms with Crippen LogP contribution in [0.2, 0.25) is 5.02 Å². The third-order valence-corrected chi connectivity index (χ3v) is 3.14. The van der Waals surface area contributed by atoms with E-state index in [0.717, 1.165) is 5.56 Å². The summed E-state index contributed by atoms with van der Waals surface area (Å²) in [7, 11) is 1.58. The molecule has 0 spiro atoms. The molecule has 0 bridgehead atoms. The van der Waals surface area contributed by atoms with Crippen LogP contribution in [0.5, 0.6) is 11.5 Å². The van der Waals surface area contributed by atoms with Crippen molar-refractivity contribution in [2.24, 2.45) is 0 Å². The normalized spacial score (nSPS) is 11.5. The summed E-state index contributed by atoms with van der Waals surface area (Å²) >= 11 is 6.21. The number of aliphatic hydroxyl groups excluding tert-OH is 1. The van der Waals surface area contributed by atoms with E-state index in [-0.39, 0.29) is 12.1 Å². The topological polar surface area (TPSA) is 50.7 Å². The Bertz CT molecular complexity index is 421. The highest BCUT2D eigenvalue weighted by atomic mass is 35.5. The van der Waals surface area contributed by atoms with Crippen LogP contribution in [0.3, 0.4) is 0 Å². The molecule has 0 aliphatic heterocycles. The average Bonchev–Trinajstić information content (AvgIpc) is 2.39. The van der Waals surface area contributed by atoms with Crippen LogP contribution in [0.4, 0.5) is 0 Å². The number of benzene rings is 1. The van der Waals surface area contributed by atoms with Crippen LogP contribution >= 0.6 is 11.6 Å². The fourth-order valence-corrected chi connectivity index (χ4v) is 1.75. The van der Waals surface area contributed by atoms with E-state index >= 15 is 0 Å². The van der Waals surface area contributed by atoms with Gasteiger partial charge in [0.2, 0.25) is 0 Å². The van der Waals surface area contributed by atoms with Crippen molar-refractivity contribution in [3.63, 3.8) is 0 Å². The minimum absolute atomic E-state index is 0.0547. The number of aliphatic hydroxyl groups is 1. The van der Waals surface area contributed by atoms with Gasteiger partial charge in [0.25, 0.3) is 0 Å². The Morgan fingerprint density at radius 1 is 1.32 bits per heavy atom. The van der Waals surface area contributed by atoms with Crippen molar-refractivity contribution in [3.8, 4) is 11.5 Å². The summed E-state index contributed by atoms with van der Waals surface area (Å²) in [5, 5.41) is 13.1. The van der Waals surface area contributed by atoms with Gasteiger partial charge in [-0.15, -0.1) is 0 Å². The zero-order valence-corrected chi connectivity index (χ0v) is 12.7. The van der Waals surface area contributed by atoms with Gasteiger partial charge in [0.15, 0.2) is 11.5 Å². The first-order valence-electron chi connectivity index (χ1n) is 6.28. The van der Waals surface area contributed by atoms with Crippen LogP contribution in [0.15, 0.2) is 12.1 Å². The molecule has 1 rings (SSSR count). The molecule has 5 heteroatoms. The largest absolute Gasteiger partial charge is 0.493 e. The second-order valence-electron chi connectivity index (χ2n) is 4.92. The van der Waals surface area contributed by atoms with Gasteiger partial charge in [0.1, 0.15) is 0 Å². The van der Waals surface area contributed by atoms with E-state index in [2.05, 4.69) is 5.32 Å². The molecule has 0 atom stereocenters. The van der Waals surface area contributed by atoms with E-state index in [9.17, 15) is 5.11 Å². The maximum absolute atomic E-state index is 9.22. The van der Waals surface area contributed by atoms with Crippen LogP contribution in [-0.4, -0.2) is 31.0 Å². The van der Waals surface area contributed by atoms with Crippen LogP contribution in [0.1, 0.15) is 26.3 Å². The van der Waals surface area contributed by atoms with Crippen molar-refractivity contribution < 1.29 is 14.6 Å². The molecule has 0 saturated carbocycles. The molecule has 0 unspecified atom stereocenters. The zero-order valence-electron chi connectivity index (χ0n) is 11.9. The van der Waals surface area contributed by atoms with Crippen molar-refractivity contribution in [2.75, 3.05) is 20.3 Å². The van der Waals surface area contributed by atoms with Crippen molar-refractivity contribution in [2.45, 2.75) is 32.9 Å². The summed E-state index contributed by atoms with van der Waals surface area (Å²) in [5.41, 5.74) is 0.558. The average molecular weight is 288 g/mol. The number of ether oxygens (including phenoxy) is 2. The highest BCUT2D eigenvalue weighted by molar-refractivity contribution is 6.31. The van der Waals surface area contributed by atoms with Crippen LogP contribution in [0.25, 0.3) is 0 Å². The molecule has 0 aliphatic carbocycles. The fraction of sp³-hybridized carbons (Fsp3) is 0.571. The first kappa shape index (κ1) is 16.1. The maximum atomic E-state index is 9.22. The maximum Gasteiger partial charge on any atom is 0.162 e. The number of hydrogen-bond donors (Lipinski definition) is 2. The van der Waals surface area contributed by atoms with Crippen molar-refractivity contribution in [1.29, 1.82) is 0 Å². The molecule has 1 aromatic rings.